The van der Waals surface area contributed by atoms with Crippen LogP contribution >= 0.6 is 46.4 Å². The molecule has 0 aliphatic carbocycles. The predicted octanol–water partition coefficient (Wildman–Crippen LogP) is 21.4. The number of fused-ring (bicyclic) bond motifs is 2. The lowest BCUT2D eigenvalue weighted by Gasteiger charge is -2.41. The Kier molecular flexibility index (Phi) is 36.2. The van der Waals surface area contributed by atoms with Crippen LogP contribution in [0.25, 0.3) is 17.0 Å². The Morgan fingerprint density at radius 1 is 0.529 bits per heavy atom. The van der Waals surface area contributed by atoms with Crippen LogP contribution in [0.3, 0.4) is 0 Å². The van der Waals surface area contributed by atoms with Gasteiger partial charge in [0.15, 0.2) is 6.23 Å². The number of nitrogens with zero attached hydrogens (tertiary/aromatic N) is 6. The SMILES string of the molecule is CCC=CCC=CCC=CCC=CCC=CCCCCCC(=O)N1c2cc(OCCCC(C(=CCC=CCC=CCCCCC(=O)n3c(=O)ccc4ccc(OCCCCN5CCN(c6cccc(Cl)c6Cl)CC5)cc43)CC=CCC)N3CCN(c4cccc(Cl)c4Cl)CC3)ccc2C=CC1O. The number of ether oxygens (including phenoxy) is 2. The highest BCUT2D eigenvalue weighted by atomic mass is 35.5. The number of allylic oxidation sites excluding steroid dienone is 17. The summed E-state index contributed by atoms with van der Waals surface area (Å²) >= 11 is 26.0. The number of rotatable bonds is 42. The number of hydrogen-bond donors (Lipinski definition) is 1. The molecule has 1 amide bonds. The molecule has 2 atom stereocenters. The van der Waals surface area contributed by atoms with Crippen LogP contribution in [0, 0.1) is 0 Å². The Balaban J connectivity index is 0.777. The van der Waals surface area contributed by atoms with Crippen molar-refractivity contribution < 1.29 is 24.2 Å². The van der Waals surface area contributed by atoms with Crippen LogP contribution in [-0.4, -0.2) is 116 Å². The van der Waals surface area contributed by atoms with Crippen LogP contribution in [0.5, 0.6) is 11.5 Å². The number of piperazine rings is 2. The van der Waals surface area contributed by atoms with Crippen molar-refractivity contribution >= 4 is 92.3 Å². The summed E-state index contributed by atoms with van der Waals surface area (Å²) in [5, 5.41) is 14.3. The fraction of sp³-hybridized carbons (Fsp3) is 0.430. The van der Waals surface area contributed by atoms with Gasteiger partial charge in [0.1, 0.15) is 11.5 Å². The minimum atomic E-state index is -1.04. The van der Waals surface area contributed by atoms with Crippen molar-refractivity contribution in [2.75, 3.05) is 86.8 Å². The van der Waals surface area contributed by atoms with Gasteiger partial charge in [0.05, 0.1) is 55.9 Å². The molecule has 3 aliphatic heterocycles. The number of pyridine rings is 1. The first kappa shape index (κ1) is 80.6. The predicted molar refractivity (Wildman–Crippen MR) is 432 cm³/mol. The zero-order chi connectivity index (χ0) is 71.9. The number of carbonyl (C=O) groups excluding carboxylic acids is 2. The Morgan fingerprint density at radius 3 is 1.70 bits per heavy atom. The number of aliphatic hydroxyl groups excluding tert-OH is 1. The third kappa shape index (κ3) is 26.5. The minimum Gasteiger partial charge on any atom is -0.494 e. The van der Waals surface area contributed by atoms with E-state index in [-0.39, 0.29) is 29.8 Å². The van der Waals surface area contributed by atoms with Crippen molar-refractivity contribution in [1.29, 1.82) is 0 Å². The van der Waals surface area contributed by atoms with Crippen molar-refractivity contribution in [2.24, 2.45) is 0 Å². The average Bonchev–Trinajstić information content (AvgIpc) is 0.809. The van der Waals surface area contributed by atoms with E-state index in [1.54, 1.807) is 12.1 Å². The average molecular weight is 1460 g/mol. The largest absolute Gasteiger partial charge is 0.494 e. The summed E-state index contributed by atoms with van der Waals surface area (Å²) < 4.78 is 14.0. The summed E-state index contributed by atoms with van der Waals surface area (Å²) in [5.41, 5.74) is 5.12. The second-order valence-electron chi connectivity index (χ2n) is 26.3. The molecule has 1 N–H and O–H groups in total. The van der Waals surface area contributed by atoms with Crippen LogP contribution < -0.4 is 29.7 Å². The van der Waals surface area contributed by atoms with Gasteiger partial charge in [-0.2, -0.15) is 0 Å². The molecule has 1 aromatic heterocycles. The normalized spacial score (nSPS) is 16.2. The molecule has 2 unspecified atom stereocenters. The van der Waals surface area contributed by atoms with Gasteiger partial charge in [0.25, 0.3) is 5.56 Å². The molecule has 0 saturated carbocycles. The van der Waals surface area contributed by atoms with E-state index in [9.17, 15) is 19.5 Å². The molecule has 102 heavy (non-hydrogen) atoms. The summed E-state index contributed by atoms with van der Waals surface area (Å²) in [6.45, 7) is 13.4. The van der Waals surface area contributed by atoms with Crippen LogP contribution in [-0.2, 0) is 4.79 Å². The molecule has 2 fully saturated rings. The number of anilines is 3. The van der Waals surface area contributed by atoms with Crippen molar-refractivity contribution in [2.45, 2.75) is 167 Å². The molecule has 0 bridgehead atoms. The Labute approximate surface area is 628 Å². The van der Waals surface area contributed by atoms with Crippen LogP contribution in [0.15, 0.2) is 205 Å². The standard InChI is InChI=1S/C86H108Cl4N6O6/c1-3-5-7-8-9-10-11-12-13-14-15-16-17-18-19-22-25-28-32-47-82(98)96-80-68-73(53-49-71(80)51-55-84(96)100)102-66-38-45-76(92-61-63-94(64-62-92)78-44-37-42-75(88)86(78)90)69(39-30-6-4-2)40-31-27-24-21-20-23-26-29-33-46-81(97)95-79-67-72(52-48-70(79)50-54-83(95)99)101-65-35-34-56-91-57-59-93(60-58-91)77-43-36-41-74(87)85(77)89/h5-7,9-10,12-13,15-16,18-20,23-24,27,30,36-37,40-44,48-55,67-68,76,84,100H,3-4,8,11,14,17,21-22,25-26,28-29,31-35,38-39,45-47,56-66H2,1-2H3. The lowest BCUT2D eigenvalue weighted by molar-refractivity contribution is -0.120. The molecule has 4 aromatic carbocycles. The number of amides is 1. The molecule has 4 heterocycles. The topological polar surface area (TPSA) is 111 Å². The number of unbranched alkanes of at least 4 members (excludes halogenated alkanes) is 6. The summed E-state index contributed by atoms with van der Waals surface area (Å²) in [5.74, 6) is 1.02. The van der Waals surface area contributed by atoms with Crippen LogP contribution in [0.1, 0.15) is 165 Å². The monoisotopic (exact) mass is 1460 g/mol. The van der Waals surface area contributed by atoms with Crippen LogP contribution in [0.2, 0.25) is 20.1 Å². The maximum atomic E-state index is 13.8. The van der Waals surface area contributed by atoms with Gasteiger partial charge < -0.3 is 24.4 Å². The minimum absolute atomic E-state index is 0.0935. The Morgan fingerprint density at radius 2 is 1.06 bits per heavy atom. The molecule has 16 heteroatoms. The zero-order valence-electron chi connectivity index (χ0n) is 60.2. The number of hydrogen-bond acceptors (Lipinski definition) is 10. The van der Waals surface area contributed by atoms with Crippen molar-refractivity contribution in [1.82, 2.24) is 14.4 Å². The van der Waals surface area contributed by atoms with Gasteiger partial charge in [0.2, 0.25) is 11.8 Å². The summed E-state index contributed by atoms with van der Waals surface area (Å²) in [6, 6.07) is 26.5. The van der Waals surface area contributed by atoms with Gasteiger partial charge >= 0.3 is 0 Å². The molecule has 0 spiro atoms. The first-order valence-corrected chi connectivity index (χ1v) is 38.9. The van der Waals surface area contributed by atoms with E-state index in [4.69, 9.17) is 55.9 Å². The fourth-order valence-corrected chi connectivity index (χ4v) is 14.0. The Hall–Kier alpha value is -7.13. The summed E-state index contributed by atoms with van der Waals surface area (Å²) in [6.07, 6.45) is 59.0. The summed E-state index contributed by atoms with van der Waals surface area (Å²) in [4.78, 5) is 51.9. The van der Waals surface area contributed by atoms with Crippen molar-refractivity contribution in [3.05, 3.63) is 236 Å². The Bertz CT molecular complexity index is 3790. The quantitative estimate of drug-likeness (QED) is 0.0299. The maximum Gasteiger partial charge on any atom is 0.257 e. The van der Waals surface area contributed by atoms with E-state index in [1.807, 2.05) is 78.9 Å². The summed E-state index contributed by atoms with van der Waals surface area (Å²) in [7, 11) is 0. The van der Waals surface area contributed by atoms with E-state index in [1.165, 1.54) is 21.1 Å². The first-order valence-electron chi connectivity index (χ1n) is 37.4. The number of benzene rings is 4. The first-order chi connectivity index (χ1) is 49.9. The molecule has 5 aromatic rings. The van der Waals surface area contributed by atoms with E-state index >= 15 is 0 Å². The second kappa shape index (κ2) is 45.9. The van der Waals surface area contributed by atoms with E-state index in [0.717, 1.165) is 203 Å². The lowest BCUT2D eigenvalue weighted by Crippen LogP contribution is -2.51. The lowest BCUT2D eigenvalue weighted by atomic mass is 9.95. The van der Waals surface area contributed by atoms with Gasteiger partial charge in [-0.1, -0.05) is 194 Å². The fourth-order valence-electron chi connectivity index (χ4n) is 13.2. The second-order valence-corrected chi connectivity index (χ2v) is 27.8. The van der Waals surface area contributed by atoms with Gasteiger partial charge in [-0.05, 0) is 200 Å². The number of aliphatic hydroxyl groups is 1. The van der Waals surface area contributed by atoms with Gasteiger partial charge in [-0.25, -0.2) is 4.57 Å². The molecular weight excluding hydrogens is 1350 g/mol. The molecular formula is C86H108Cl4N6O6. The van der Waals surface area contributed by atoms with Crippen LogP contribution in [0.4, 0.5) is 17.1 Å². The van der Waals surface area contributed by atoms with Crippen molar-refractivity contribution in [3.63, 3.8) is 0 Å². The molecule has 12 nitrogen and oxygen atoms in total. The molecule has 546 valence electrons. The van der Waals surface area contributed by atoms with E-state index in [0.29, 0.717) is 68.8 Å². The van der Waals surface area contributed by atoms with E-state index < -0.39 is 6.23 Å². The maximum absolute atomic E-state index is 13.8. The molecule has 8 rings (SSSR count). The number of aromatic nitrogens is 1. The zero-order valence-corrected chi connectivity index (χ0v) is 63.2. The van der Waals surface area contributed by atoms with Gasteiger partial charge in [-0.15, -0.1) is 0 Å². The molecule has 3 aliphatic rings. The van der Waals surface area contributed by atoms with Gasteiger partial charge in [-0.3, -0.25) is 29.1 Å². The van der Waals surface area contributed by atoms with E-state index in [2.05, 4.69) is 137 Å². The number of halogens is 4. The highest BCUT2D eigenvalue weighted by Crippen LogP contribution is 2.37. The highest BCUT2D eigenvalue weighted by Gasteiger charge is 2.29. The van der Waals surface area contributed by atoms with Crippen molar-refractivity contribution in [3.8, 4) is 11.5 Å². The number of carbonyl (C=O) groups is 2. The third-order valence-corrected chi connectivity index (χ3v) is 20.4. The highest BCUT2D eigenvalue weighted by molar-refractivity contribution is 6.44. The molecule has 0 radical (unpaired) electrons. The smallest absolute Gasteiger partial charge is 0.257 e. The molecule has 2 saturated heterocycles. The third-order valence-electron chi connectivity index (χ3n) is 18.8. The van der Waals surface area contributed by atoms with Gasteiger partial charge in [0, 0.05) is 89.4 Å².